The molecular weight excluding hydrogens is 276 g/mol. The Bertz CT molecular complexity index is 837. The summed E-state index contributed by atoms with van der Waals surface area (Å²) in [5.74, 6) is 0.819. The number of rotatable bonds is 2. The van der Waals surface area contributed by atoms with Crippen molar-refractivity contribution in [2.24, 2.45) is 0 Å². The van der Waals surface area contributed by atoms with Gasteiger partial charge in [-0.2, -0.15) is 5.10 Å². The normalized spacial score (nSPS) is 12.7. The first kappa shape index (κ1) is 12.8. The quantitative estimate of drug-likeness (QED) is 0.728. The number of ether oxygens (including phenoxy) is 1. The number of benzene rings is 2. The van der Waals surface area contributed by atoms with Crippen LogP contribution in [0, 0.1) is 0 Å². The fourth-order valence-electron chi connectivity index (χ4n) is 2.65. The van der Waals surface area contributed by atoms with E-state index in [-0.39, 0.29) is 5.91 Å². The highest BCUT2D eigenvalue weighted by atomic mass is 16.5. The van der Waals surface area contributed by atoms with Gasteiger partial charge in [-0.3, -0.25) is 4.79 Å². The lowest BCUT2D eigenvalue weighted by Crippen LogP contribution is -2.12. The summed E-state index contributed by atoms with van der Waals surface area (Å²) in [5, 5.41) is 4.41. The van der Waals surface area contributed by atoms with Crippen LogP contribution in [-0.2, 0) is 6.42 Å². The minimum absolute atomic E-state index is 0.128. The van der Waals surface area contributed by atoms with Gasteiger partial charge in [0.1, 0.15) is 5.75 Å². The van der Waals surface area contributed by atoms with Crippen molar-refractivity contribution < 1.29 is 9.53 Å². The molecule has 0 saturated heterocycles. The molecule has 0 unspecified atom stereocenters. The number of carbonyl (C=O) groups excluding carboxylic acids is 1. The van der Waals surface area contributed by atoms with Crippen LogP contribution in [-0.4, -0.2) is 22.3 Å². The summed E-state index contributed by atoms with van der Waals surface area (Å²) in [6.07, 6.45) is 2.63. The molecule has 0 spiro atoms. The van der Waals surface area contributed by atoms with Crippen LogP contribution >= 0.6 is 0 Å². The van der Waals surface area contributed by atoms with Crippen LogP contribution in [0.25, 0.3) is 11.3 Å². The molecule has 3 aromatic rings. The maximum absolute atomic E-state index is 12.4. The minimum Gasteiger partial charge on any atom is -0.493 e. The highest BCUT2D eigenvalue weighted by molar-refractivity contribution is 5.95. The molecule has 4 rings (SSSR count). The maximum Gasteiger partial charge on any atom is 0.278 e. The Kier molecular flexibility index (Phi) is 3.00. The Balaban J connectivity index is 1.66. The molecule has 1 aliphatic rings. The molecular formula is C18H14N2O2. The number of carbonyl (C=O) groups is 1. The lowest BCUT2D eigenvalue weighted by molar-refractivity contribution is 0.0945. The summed E-state index contributed by atoms with van der Waals surface area (Å²) in [6, 6.07) is 17.0. The molecule has 2 aromatic carbocycles. The summed E-state index contributed by atoms with van der Waals surface area (Å²) in [4.78, 5) is 12.4. The maximum atomic E-state index is 12.4. The van der Waals surface area contributed by atoms with Crippen molar-refractivity contribution in [3.63, 3.8) is 0 Å². The van der Waals surface area contributed by atoms with Gasteiger partial charge in [0.05, 0.1) is 12.3 Å². The summed E-state index contributed by atoms with van der Waals surface area (Å²) in [7, 11) is 0. The third-order valence-electron chi connectivity index (χ3n) is 3.80. The molecule has 0 radical (unpaired) electrons. The van der Waals surface area contributed by atoms with Crippen LogP contribution < -0.4 is 4.74 Å². The molecule has 0 amide bonds. The topological polar surface area (TPSA) is 44.1 Å². The molecule has 0 saturated carbocycles. The fraction of sp³-hybridized carbons (Fsp3) is 0.111. The predicted octanol–water partition coefficient (Wildman–Crippen LogP) is 3.17. The molecule has 0 bridgehead atoms. The van der Waals surface area contributed by atoms with Crippen molar-refractivity contribution in [3.8, 4) is 17.0 Å². The fourth-order valence-corrected chi connectivity index (χ4v) is 2.65. The third kappa shape index (κ3) is 2.19. The first-order chi connectivity index (χ1) is 10.8. The second kappa shape index (κ2) is 5.15. The van der Waals surface area contributed by atoms with Crippen molar-refractivity contribution in [2.45, 2.75) is 6.42 Å². The van der Waals surface area contributed by atoms with E-state index in [4.69, 9.17) is 4.74 Å². The number of hydrogen-bond acceptors (Lipinski definition) is 3. The van der Waals surface area contributed by atoms with Crippen molar-refractivity contribution >= 4 is 5.91 Å². The number of aromatic nitrogens is 2. The van der Waals surface area contributed by atoms with Gasteiger partial charge < -0.3 is 4.74 Å². The molecule has 0 aliphatic carbocycles. The zero-order valence-corrected chi connectivity index (χ0v) is 11.9. The van der Waals surface area contributed by atoms with E-state index >= 15 is 0 Å². The Morgan fingerprint density at radius 3 is 2.82 bits per heavy atom. The van der Waals surface area contributed by atoms with Crippen LogP contribution in [0.15, 0.2) is 60.8 Å². The van der Waals surface area contributed by atoms with Crippen molar-refractivity contribution in [1.82, 2.24) is 9.78 Å². The SMILES string of the molecule is O=C(c1ccccc1)n1ccc(-c2ccc3c(c2)CCO3)n1. The van der Waals surface area contributed by atoms with Gasteiger partial charge in [0.2, 0.25) is 0 Å². The molecule has 0 N–H and O–H groups in total. The second-order valence-electron chi connectivity index (χ2n) is 5.24. The summed E-state index contributed by atoms with van der Waals surface area (Å²) in [5.41, 5.74) is 3.61. The van der Waals surface area contributed by atoms with Gasteiger partial charge in [-0.1, -0.05) is 18.2 Å². The van der Waals surface area contributed by atoms with Crippen LogP contribution in [0.3, 0.4) is 0 Å². The van der Waals surface area contributed by atoms with Gasteiger partial charge in [-0.15, -0.1) is 0 Å². The van der Waals surface area contributed by atoms with Crippen LogP contribution in [0.1, 0.15) is 15.9 Å². The van der Waals surface area contributed by atoms with Crippen LogP contribution in [0.4, 0.5) is 0 Å². The van der Waals surface area contributed by atoms with E-state index in [9.17, 15) is 4.79 Å². The Hall–Kier alpha value is -2.88. The van der Waals surface area contributed by atoms with Crippen LogP contribution in [0.5, 0.6) is 5.75 Å². The van der Waals surface area contributed by atoms with Crippen molar-refractivity contribution in [1.29, 1.82) is 0 Å². The minimum atomic E-state index is -0.128. The zero-order chi connectivity index (χ0) is 14.9. The van der Waals surface area contributed by atoms with Gasteiger partial charge in [0.25, 0.3) is 5.91 Å². The molecule has 22 heavy (non-hydrogen) atoms. The molecule has 2 heterocycles. The standard InChI is InChI=1S/C18H14N2O2/c21-18(13-4-2-1-3-5-13)20-10-8-16(19-20)14-6-7-17-15(12-14)9-11-22-17/h1-8,10,12H,9,11H2. The van der Waals surface area contributed by atoms with E-state index in [0.717, 1.165) is 30.0 Å². The predicted molar refractivity (Wildman–Crippen MR) is 83.0 cm³/mol. The first-order valence-corrected chi connectivity index (χ1v) is 7.23. The van der Waals surface area contributed by atoms with E-state index in [0.29, 0.717) is 5.56 Å². The molecule has 4 heteroatoms. The average molecular weight is 290 g/mol. The molecule has 1 aromatic heterocycles. The molecule has 4 nitrogen and oxygen atoms in total. The smallest absolute Gasteiger partial charge is 0.278 e. The van der Waals surface area contributed by atoms with Crippen LogP contribution in [0.2, 0.25) is 0 Å². The van der Waals surface area contributed by atoms with Crippen molar-refractivity contribution in [2.75, 3.05) is 6.61 Å². The van der Waals surface area contributed by atoms with E-state index < -0.39 is 0 Å². The van der Waals surface area contributed by atoms with Gasteiger partial charge >= 0.3 is 0 Å². The highest BCUT2D eigenvalue weighted by Crippen LogP contribution is 2.29. The van der Waals surface area contributed by atoms with Crippen molar-refractivity contribution in [3.05, 3.63) is 71.9 Å². The van der Waals surface area contributed by atoms with E-state index in [1.807, 2.05) is 36.4 Å². The lowest BCUT2D eigenvalue weighted by atomic mass is 10.1. The van der Waals surface area contributed by atoms with Gasteiger partial charge in [-0.05, 0) is 42.0 Å². The third-order valence-corrected chi connectivity index (χ3v) is 3.80. The molecule has 0 fully saturated rings. The highest BCUT2D eigenvalue weighted by Gasteiger charge is 2.15. The Morgan fingerprint density at radius 1 is 1.09 bits per heavy atom. The Morgan fingerprint density at radius 2 is 1.95 bits per heavy atom. The average Bonchev–Trinajstić information content (AvgIpc) is 3.23. The summed E-state index contributed by atoms with van der Waals surface area (Å²) >= 11 is 0. The molecule has 108 valence electrons. The largest absolute Gasteiger partial charge is 0.493 e. The number of nitrogens with zero attached hydrogens (tertiary/aromatic N) is 2. The molecule has 0 atom stereocenters. The number of hydrogen-bond donors (Lipinski definition) is 0. The molecule has 1 aliphatic heterocycles. The van der Waals surface area contributed by atoms with Gasteiger partial charge in [0, 0.05) is 23.7 Å². The summed E-state index contributed by atoms with van der Waals surface area (Å²) < 4.78 is 6.89. The summed E-state index contributed by atoms with van der Waals surface area (Å²) in [6.45, 7) is 0.736. The van der Waals surface area contributed by atoms with E-state index in [2.05, 4.69) is 11.2 Å². The van der Waals surface area contributed by atoms with Gasteiger partial charge in [-0.25, -0.2) is 4.68 Å². The van der Waals surface area contributed by atoms with Gasteiger partial charge in [0.15, 0.2) is 0 Å². The monoisotopic (exact) mass is 290 g/mol. The first-order valence-electron chi connectivity index (χ1n) is 7.23. The zero-order valence-electron chi connectivity index (χ0n) is 11.9. The van der Waals surface area contributed by atoms with E-state index in [1.54, 1.807) is 18.3 Å². The lowest BCUT2D eigenvalue weighted by Gasteiger charge is -2.02. The Labute approximate surface area is 128 Å². The van der Waals surface area contributed by atoms with E-state index in [1.165, 1.54) is 10.2 Å². The second-order valence-corrected chi connectivity index (χ2v) is 5.24. The number of fused-ring (bicyclic) bond motifs is 1.